The van der Waals surface area contributed by atoms with Crippen molar-refractivity contribution in [1.29, 1.82) is 0 Å². The summed E-state index contributed by atoms with van der Waals surface area (Å²) in [6, 6.07) is 10.8. The molecule has 1 saturated heterocycles. The van der Waals surface area contributed by atoms with Crippen molar-refractivity contribution in [1.82, 2.24) is 4.90 Å². The van der Waals surface area contributed by atoms with Gasteiger partial charge in [-0.2, -0.15) is 0 Å². The molecule has 2 unspecified atom stereocenters. The van der Waals surface area contributed by atoms with Gasteiger partial charge in [0, 0.05) is 19.1 Å². The van der Waals surface area contributed by atoms with Gasteiger partial charge in [-0.3, -0.25) is 4.90 Å². The van der Waals surface area contributed by atoms with Gasteiger partial charge in [0.15, 0.2) is 6.10 Å². The molecule has 104 valence electrons. The van der Waals surface area contributed by atoms with Gasteiger partial charge >= 0.3 is 5.97 Å². The first-order chi connectivity index (χ1) is 9.16. The Bertz CT molecular complexity index is 407. The Morgan fingerprint density at radius 1 is 1.47 bits per heavy atom. The van der Waals surface area contributed by atoms with E-state index in [2.05, 4.69) is 36.1 Å². The molecule has 4 heteroatoms. The van der Waals surface area contributed by atoms with E-state index in [1.807, 2.05) is 6.07 Å². The van der Waals surface area contributed by atoms with Crippen molar-refractivity contribution in [2.75, 3.05) is 19.7 Å². The lowest BCUT2D eigenvalue weighted by Gasteiger charge is -2.35. The molecule has 0 aliphatic carbocycles. The van der Waals surface area contributed by atoms with Crippen LogP contribution in [-0.2, 0) is 16.0 Å². The highest BCUT2D eigenvalue weighted by atomic mass is 16.5. The molecule has 1 heterocycles. The van der Waals surface area contributed by atoms with Crippen LogP contribution in [0.2, 0.25) is 0 Å². The van der Waals surface area contributed by atoms with E-state index < -0.39 is 12.1 Å². The number of rotatable bonds is 5. The fraction of sp³-hybridized carbons (Fsp3) is 0.533. The Morgan fingerprint density at radius 3 is 2.89 bits per heavy atom. The molecule has 2 atom stereocenters. The monoisotopic (exact) mass is 263 g/mol. The maximum atomic E-state index is 11.0. The highest BCUT2D eigenvalue weighted by molar-refractivity contribution is 5.72. The van der Waals surface area contributed by atoms with Crippen LogP contribution in [0.15, 0.2) is 30.3 Å². The third-order valence-electron chi connectivity index (χ3n) is 3.69. The van der Waals surface area contributed by atoms with Gasteiger partial charge in [0.2, 0.25) is 0 Å². The summed E-state index contributed by atoms with van der Waals surface area (Å²) in [4.78, 5) is 13.2. The molecule has 2 rings (SSSR count). The number of carboxylic acids is 1. The Kier molecular flexibility index (Phi) is 4.93. The molecule has 1 aliphatic rings. The summed E-state index contributed by atoms with van der Waals surface area (Å²) in [5.41, 5.74) is 1.33. The molecule has 1 aromatic rings. The van der Waals surface area contributed by atoms with Crippen LogP contribution in [0.3, 0.4) is 0 Å². The van der Waals surface area contributed by atoms with Crippen LogP contribution in [-0.4, -0.2) is 47.8 Å². The standard InChI is InChI=1S/C15H21NO3/c1-12(7-8-13-5-3-2-4-6-13)16-9-10-19-14(11-16)15(17)18/h2-6,12,14H,7-11H2,1H3,(H,17,18). The van der Waals surface area contributed by atoms with Crippen LogP contribution >= 0.6 is 0 Å². The second-order valence-electron chi connectivity index (χ2n) is 5.07. The molecule has 0 spiro atoms. The van der Waals surface area contributed by atoms with E-state index in [0.29, 0.717) is 19.2 Å². The SMILES string of the molecule is CC(CCc1ccccc1)N1CCOC(C(=O)O)C1. The van der Waals surface area contributed by atoms with Crippen molar-refractivity contribution in [3.8, 4) is 0 Å². The van der Waals surface area contributed by atoms with E-state index in [1.165, 1.54) is 5.56 Å². The number of benzene rings is 1. The van der Waals surface area contributed by atoms with E-state index in [-0.39, 0.29) is 0 Å². The minimum atomic E-state index is -0.861. The predicted octanol–water partition coefficient (Wildman–Crippen LogP) is 1.79. The summed E-state index contributed by atoms with van der Waals surface area (Å²) in [7, 11) is 0. The summed E-state index contributed by atoms with van der Waals surface area (Å²) in [5, 5.41) is 8.99. The van der Waals surface area contributed by atoms with Crippen molar-refractivity contribution < 1.29 is 14.6 Å². The first-order valence-corrected chi connectivity index (χ1v) is 6.79. The Balaban J connectivity index is 1.82. The lowest BCUT2D eigenvalue weighted by molar-refractivity contribution is -0.157. The van der Waals surface area contributed by atoms with Crippen molar-refractivity contribution in [3.63, 3.8) is 0 Å². The second kappa shape index (κ2) is 6.68. The van der Waals surface area contributed by atoms with Gasteiger partial charge in [-0.25, -0.2) is 4.79 Å². The Morgan fingerprint density at radius 2 is 2.21 bits per heavy atom. The van der Waals surface area contributed by atoms with E-state index in [1.54, 1.807) is 0 Å². The third-order valence-corrected chi connectivity index (χ3v) is 3.69. The van der Waals surface area contributed by atoms with E-state index in [0.717, 1.165) is 19.4 Å². The number of ether oxygens (including phenoxy) is 1. The van der Waals surface area contributed by atoms with E-state index in [4.69, 9.17) is 9.84 Å². The first kappa shape index (κ1) is 14.0. The Labute approximate surface area is 114 Å². The molecule has 0 aromatic heterocycles. The number of hydrogen-bond donors (Lipinski definition) is 1. The molecule has 1 aliphatic heterocycles. The molecule has 0 saturated carbocycles. The zero-order valence-electron chi connectivity index (χ0n) is 11.3. The highest BCUT2D eigenvalue weighted by Gasteiger charge is 2.28. The topological polar surface area (TPSA) is 49.8 Å². The van der Waals surface area contributed by atoms with Gasteiger partial charge in [0.1, 0.15) is 0 Å². The molecule has 19 heavy (non-hydrogen) atoms. The second-order valence-corrected chi connectivity index (χ2v) is 5.07. The molecular weight excluding hydrogens is 242 g/mol. The zero-order chi connectivity index (χ0) is 13.7. The molecule has 4 nitrogen and oxygen atoms in total. The van der Waals surface area contributed by atoms with Crippen molar-refractivity contribution >= 4 is 5.97 Å². The smallest absolute Gasteiger partial charge is 0.334 e. The summed E-state index contributed by atoms with van der Waals surface area (Å²) in [5.74, 6) is -0.861. The maximum Gasteiger partial charge on any atom is 0.334 e. The van der Waals surface area contributed by atoms with Gasteiger partial charge in [0.05, 0.1) is 6.61 Å². The fourth-order valence-corrected chi connectivity index (χ4v) is 2.42. The zero-order valence-corrected chi connectivity index (χ0v) is 11.3. The molecule has 0 bridgehead atoms. The molecule has 0 amide bonds. The predicted molar refractivity (Wildman–Crippen MR) is 73.2 cm³/mol. The number of carboxylic acid groups (broad SMARTS) is 1. The van der Waals surface area contributed by atoms with Crippen LogP contribution in [0.5, 0.6) is 0 Å². The molecule has 1 N–H and O–H groups in total. The normalized spacial score (nSPS) is 22.1. The van der Waals surface area contributed by atoms with Crippen LogP contribution in [0.25, 0.3) is 0 Å². The van der Waals surface area contributed by atoms with Gasteiger partial charge < -0.3 is 9.84 Å². The lowest BCUT2D eigenvalue weighted by Crippen LogP contribution is -2.49. The van der Waals surface area contributed by atoms with Crippen LogP contribution in [0.1, 0.15) is 18.9 Å². The fourth-order valence-electron chi connectivity index (χ4n) is 2.42. The summed E-state index contributed by atoms with van der Waals surface area (Å²) in [6.45, 7) is 3.98. The molecule has 0 radical (unpaired) electrons. The van der Waals surface area contributed by atoms with Crippen LogP contribution < -0.4 is 0 Å². The highest BCUT2D eigenvalue weighted by Crippen LogP contribution is 2.14. The molecule has 1 fully saturated rings. The summed E-state index contributed by atoms with van der Waals surface area (Å²) >= 11 is 0. The average Bonchev–Trinajstić information content (AvgIpc) is 2.46. The van der Waals surface area contributed by atoms with E-state index in [9.17, 15) is 4.79 Å². The number of nitrogens with zero attached hydrogens (tertiary/aromatic N) is 1. The first-order valence-electron chi connectivity index (χ1n) is 6.79. The minimum absolute atomic E-state index is 0.381. The molecular formula is C15H21NO3. The van der Waals surface area contributed by atoms with Crippen molar-refractivity contribution in [2.45, 2.75) is 31.9 Å². The van der Waals surface area contributed by atoms with Crippen LogP contribution in [0, 0.1) is 0 Å². The van der Waals surface area contributed by atoms with Gasteiger partial charge in [0.25, 0.3) is 0 Å². The third kappa shape index (κ3) is 4.04. The van der Waals surface area contributed by atoms with E-state index >= 15 is 0 Å². The largest absolute Gasteiger partial charge is 0.479 e. The maximum absolute atomic E-state index is 11.0. The Hall–Kier alpha value is -1.39. The quantitative estimate of drug-likeness (QED) is 0.880. The summed E-state index contributed by atoms with van der Waals surface area (Å²) < 4.78 is 5.24. The minimum Gasteiger partial charge on any atom is -0.479 e. The van der Waals surface area contributed by atoms with Crippen molar-refractivity contribution in [3.05, 3.63) is 35.9 Å². The lowest BCUT2D eigenvalue weighted by atomic mass is 10.0. The van der Waals surface area contributed by atoms with Gasteiger partial charge in [-0.1, -0.05) is 30.3 Å². The van der Waals surface area contributed by atoms with Gasteiger partial charge in [-0.15, -0.1) is 0 Å². The number of aliphatic carboxylic acids is 1. The number of aryl methyl sites for hydroxylation is 1. The average molecular weight is 263 g/mol. The van der Waals surface area contributed by atoms with Gasteiger partial charge in [-0.05, 0) is 25.3 Å². The number of carbonyl (C=O) groups is 1. The summed E-state index contributed by atoms with van der Waals surface area (Å²) in [6.07, 6.45) is 1.39. The molecule has 1 aromatic carbocycles. The number of morpholine rings is 1. The van der Waals surface area contributed by atoms with Crippen molar-refractivity contribution in [2.24, 2.45) is 0 Å². The van der Waals surface area contributed by atoms with Crippen LogP contribution in [0.4, 0.5) is 0 Å². The number of hydrogen-bond acceptors (Lipinski definition) is 3.